The first-order valence-corrected chi connectivity index (χ1v) is 5.28. The van der Waals surface area contributed by atoms with E-state index in [0.29, 0.717) is 0 Å². The molecule has 1 aliphatic heterocycles. The van der Waals surface area contributed by atoms with Crippen LogP contribution in [0, 0.1) is 0 Å². The zero-order valence-corrected chi connectivity index (χ0v) is 8.57. The van der Waals surface area contributed by atoms with Crippen LogP contribution in [0.15, 0.2) is 24.3 Å². The van der Waals surface area contributed by atoms with Crippen LogP contribution in [-0.4, -0.2) is 12.6 Å². The molecular formula is C12H17NO. The maximum atomic E-state index is 6.04. The summed E-state index contributed by atoms with van der Waals surface area (Å²) in [6.45, 7) is 2.90. The largest absolute Gasteiger partial charge is 0.372 e. The molecule has 14 heavy (non-hydrogen) atoms. The van der Waals surface area contributed by atoms with E-state index in [9.17, 15) is 0 Å². The van der Waals surface area contributed by atoms with Crippen LogP contribution in [0.4, 0.5) is 0 Å². The normalized spacial score (nSPS) is 22.9. The molecule has 2 rings (SSSR count). The van der Waals surface area contributed by atoms with Crippen LogP contribution < -0.4 is 5.73 Å². The third-order valence-electron chi connectivity index (χ3n) is 2.89. The molecule has 1 aromatic rings. The third-order valence-corrected chi connectivity index (χ3v) is 2.89. The SMILES string of the molecule is CC[C@@H](N)[C@H]1OCCc2ccccc21. The Kier molecular flexibility index (Phi) is 2.85. The Morgan fingerprint density at radius 2 is 2.29 bits per heavy atom. The Morgan fingerprint density at radius 3 is 3.07 bits per heavy atom. The van der Waals surface area contributed by atoms with Crippen LogP contribution in [0.2, 0.25) is 0 Å². The zero-order valence-electron chi connectivity index (χ0n) is 8.57. The van der Waals surface area contributed by atoms with Gasteiger partial charge in [0.2, 0.25) is 0 Å². The van der Waals surface area contributed by atoms with Gasteiger partial charge in [-0.1, -0.05) is 31.2 Å². The molecule has 0 saturated heterocycles. The van der Waals surface area contributed by atoms with Gasteiger partial charge in [0.25, 0.3) is 0 Å². The van der Waals surface area contributed by atoms with E-state index < -0.39 is 0 Å². The lowest BCUT2D eigenvalue weighted by Gasteiger charge is -2.29. The topological polar surface area (TPSA) is 35.2 Å². The summed E-state index contributed by atoms with van der Waals surface area (Å²) in [6.07, 6.45) is 2.08. The fraction of sp³-hybridized carbons (Fsp3) is 0.500. The summed E-state index contributed by atoms with van der Waals surface area (Å²) in [5.41, 5.74) is 8.72. The van der Waals surface area contributed by atoms with Gasteiger partial charge in [-0.05, 0) is 24.0 Å². The molecule has 0 unspecified atom stereocenters. The zero-order chi connectivity index (χ0) is 9.97. The van der Waals surface area contributed by atoms with Crippen LogP contribution in [-0.2, 0) is 11.2 Å². The van der Waals surface area contributed by atoms with E-state index in [1.54, 1.807) is 0 Å². The van der Waals surface area contributed by atoms with Gasteiger partial charge < -0.3 is 10.5 Å². The Morgan fingerprint density at radius 1 is 1.50 bits per heavy atom. The first-order valence-electron chi connectivity index (χ1n) is 5.28. The second kappa shape index (κ2) is 4.11. The number of hydrogen-bond donors (Lipinski definition) is 1. The van der Waals surface area contributed by atoms with Crippen LogP contribution in [0.3, 0.4) is 0 Å². The molecular weight excluding hydrogens is 174 g/mol. The molecule has 0 radical (unpaired) electrons. The molecule has 2 heteroatoms. The second-order valence-corrected chi connectivity index (χ2v) is 3.81. The van der Waals surface area contributed by atoms with E-state index >= 15 is 0 Å². The van der Waals surface area contributed by atoms with Crippen molar-refractivity contribution in [3.8, 4) is 0 Å². The highest BCUT2D eigenvalue weighted by Crippen LogP contribution is 2.29. The molecule has 1 aromatic carbocycles. The molecule has 0 aromatic heterocycles. The van der Waals surface area contributed by atoms with Crippen molar-refractivity contribution in [3.63, 3.8) is 0 Å². The number of nitrogens with two attached hydrogens (primary N) is 1. The Labute approximate surface area is 85.1 Å². The van der Waals surface area contributed by atoms with Gasteiger partial charge >= 0.3 is 0 Å². The van der Waals surface area contributed by atoms with Crippen LogP contribution >= 0.6 is 0 Å². The van der Waals surface area contributed by atoms with Crippen molar-refractivity contribution in [2.24, 2.45) is 5.73 Å². The maximum Gasteiger partial charge on any atom is 0.0978 e. The lowest BCUT2D eigenvalue weighted by molar-refractivity contribution is 0.0238. The third kappa shape index (κ3) is 1.68. The smallest absolute Gasteiger partial charge is 0.0978 e. The molecule has 76 valence electrons. The van der Waals surface area contributed by atoms with Crippen LogP contribution in [0.5, 0.6) is 0 Å². The summed E-state index contributed by atoms with van der Waals surface area (Å²) in [7, 11) is 0. The van der Waals surface area contributed by atoms with Crippen molar-refractivity contribution in [3.05, 3.63) is 35.4 Å². The molecule has 0 spiro atoms. The molecule has 1 aliphatic rings. The summed E-state index contributed by atoms with van der Waals surface area (Å²) in [5.74, 6) is 0. The van der Waals surface area contributed by atoms with Crippen molar-refractivity contribution < 1.29 is 4.74 Å². The van der Waals surface area contributed by atoms with Gasteiger partial charge in [-0.15, -0.1) is 0 Å². The van der Waals surface area contributed by atoms with Crippen molar-refractivity contribution in [1.29, 1.82) is 0 Å². The van der Waals surface area contributed by atoms with Gasteiger partial charge in [-0.25, -0.2) is 0 Å². The van der Waals surface area contributed by atoms with Crippen molar-refractivity contribution in [2.75, 3.05) is 6.61 Å². The number of benzene rings is 1. The number of fused-ring (bicyclic) bond motifs is 1. The molecule has 0 amide bonds. The van der Waals surface area contributed by atoms with Gasteiger partial charge in [-0.2, -0.15) is 0 Å². The summed E-state index contributed by atoms with van der Waals surface area (Å²) in [4.78, 5) is 0. The maximum absolute atomic E-state index is 6.04. The Bertz CT molecular complexity index is 311. The average molecular weight is 191 g/mol. The van der Waals surface area contributed by atoms with E-state index in [4.69, 9.17) is 10.5 Å². The quantitative estimate of drug-likeness (QED) is 0.776. The molecule has 2 nitrogen and oxygen atoms in total. The lowest BCUT2D eigenvalue weighted by Crippen LogP contribution is -2.33. The molecule has 2 atom stereocenters. The van der Waals surface area contributed by atoms with Gasteiger partial charge in [-0.3, -0.25) is 0 Å². The van der Waals surface area contributed by atoms with E-state index in [0.717, 1.165) is 19.4 Å². The fourth-order valence-corrected chi connectivity index (χ4v) is 1.99. The lowest BCUT2D eigenvalue weighted by atomic mass is 9.93. The molecule has 0 aliphatic carbocycles. The number of hydrogen-bond acceptors (Lipinski definition) is 2. The average Bonchev–Trinajstić information content (AvgIpc) is 2.27. The molecule has 0 bridgehead atoms. The first-order chi connectivity index (χ1) is 6.83. The van der Waals surface area contributed by atoms with Crippen molar-refractivity contribution in [1.82, 2.24) is 0 Å². The molecule has 0 fully saturated rings. The molecule has 0 saturated carbocycles. The predicted molar refractivity (Wildman–Crippen MR) is 57.1 cm³/mol. The van der Waals surface area contributed by atoms with E-state index in [2.05, 4.69) is 31.2 Å². The van der Waals surface area contributed by atoms with E-state index in [1.807, 2.05) is 0 Å². The Balaban J connectivity index is 2.30. The Hall–Kier alpha value is -0.860. The molecule has 1 heterocycles. The number of rotatable bonds is 2. The minimum absolute atomic E-state index is 0.102. The minimum Gasteiger partial charge on any atom is -0.372 e. The van der Waals surface area contributed by atoms with Gasteiger partial charge in [0.1, 0.15) is 0 Å². The van der Waals surface area contributed by atoms with Crippen molar-refractivity contribution in [2.45, 2.75) is 31.9 Å². The summed E-state index contributed by atoms with van der Waals surface area (Å²) >= 11 is 0. The van der Waals surface area contributed by atoms with Crippen LogP contribution in [0.1, 0.15) is 30.6 Å². The highest BCUT2D eigenvalue weighted by Gasteiger charge is 2.24. The predicted octanol–water partition coefficient (Wildman–Crippen LogP) is 2.04. The minimum atomic E-state index is 0.102. The first kappa shape index (κ1) is 9.69. The van der Waals surface area contributed by atoms with Gasteiger partial charge in [0.15, 0.2) is 0 Å². The van der Waals surface area contributed by atoms with Gasteiger partial charge in [0.05, 0.1) is 12.7 Å². The van der Waals surface area contributed by atoms with Gasteiger partial charge in [0, 0.05) is 6.04 Å². The second-order valence-electron chi connectivity index (χ2n) is 3.81. The number of ether oxygens (including phenoxy) is 1. The molecule has 2 N–H and O–H groups in total. The monoisotopic (exact) mass is 191 g/mol. The summed E-state index contributed by atoms with van der Waals surface area (Å²) in [6, 6.07) is 8.57. The highest BCUT2D eigenvalue weighted by atomic mass is 16.5. The van der Waals surface area contributed by atoms with Crippen LogP contribution in [0.25, 0.3) is 0 Å². The summed E-state index contributed by atoms with van der Waals surface area (Å²) in [5, 5.41) is 0. The fourth-order valence-electron chi connectivity index (χ4n) is 1.99. The van der Waals surface area contributed by atoms with E-state index in [-0.39, 0.29) is 12.1 Å². The standard InChI is InChI=1S/C12H17NO/c1-2-11(13)12-10-6-4-3-5-9(10)7-8-14-12/h3-6,11-12H,2,7-8,13H2,1H3/t11-,12+/m1/s1. The highest BCUT2D eigenvalue weighted by molar-refractivity contribution is 5.31. The summed E-state index contributed by atoms with van der Waals surface area (Å²) < 4.78 is 5.73. The van der Waals surface area contributed by atoms with Crippen molar-refractivity contribution >= 4 is 0 Å². The van der Waals surface area contributed by atoms with E-state index in [1.165, 1.54) is 11.1 Å².